The molecule has 2 amide bonds. The molecule has 3 atom stereocenters. The number of hydrogen-bond acceptors (Lipinski definition) is 5. The van der Waals surface area contributed by atoms with Gasteiger partial charge in [0.2, 0.25) is 5.91 Å². The number of aryl methyl sites for hydroxylation is 1. The molecular weight excluding hydrogens is 675 g/mol. The highest BCUT2D eigenvalue weighted by Crippen LogP contribution is 2.45. The maximum atomic E-state index is 14.5. The van der Waals surface area contributed by atoms with Crippen LogP contribution < -0.4 is 4.90 Å². The topological polar surface area (TPSA) is 100 Å². The lowest BCUT2D eigenvalue weighted by Gasteiger charge is -2.47. The van der Waals surface area contributed by atoms with E-state index >= 15 is 0 Å². The van der Waals surface area contributed by atoms with E-state index in [1.165, 1.54) is 12.1 Å². The van der Waals surface area contributed by atoms with Gasteiger partial charge in [0, 0.05) is 40.2 Å². The first-order chi connectivity index (χ1) is 22.5. The predicted molar refractivity (Wildman–Crippen MR) is 172 cm³/mol. The SMILES string of the molecule is Cc1nnc(-c2ccc(N3C(=O)C4C[C@@H](C)N(C(=O)c5ccc(Br)c(C(F)(F)F)c5)CC4n4ncc(Cc5ccccc5)c43)cc2)[nH]1. The Balaban J connectivity index is 1.27. The molecule has 3 aromatic carbocycles. The molecule has 5 aromatic rings. The zero-order valence-corrected chi connectivity index (χ0v) is 27.0. The van der Waals surface area contributed by atoms with Crippen LogP contribution in [0.3, 0.4) is 0 Å². The molecule has 0 saturated carbocycles. The number of halogens is 4. The number of carbonyl (C=O) groups is 2. The molecule has 2 aliphatic heterocycles. The van der Waals surface area contributed by atoms with Gasteiger partial charge in [-0.1, -0.05) is 46.3 Å². The van der Waals surface area contributed by atoms with Gasteiger partial charge in [-0.15, -0.1) is 10.2 Å². The van der Waals surface area contributed by atoms with Crippen LogP contribution in [0.2, 0.25) is 0 Å². The summed E-state index contributed by atoms with van der Waals surface area (Å²) in [5.74, 6) is 0.748. The van der Waals surface area contributed by atoms with Crippen LogP contribution in [0, 0.1) is 12.8 Å². The number of alkyl halides is 3. The number of benzene rings is 3. The molecule has 13 heteroatoms. The average molecular weight is 705 g/mol. The van der Waals surface area contributed by atoms with Crippen LogP contribution in [-0.4, -0.2) is 54.3 Å². The number of H-pyrrole nitrogens is 1. The second-order valence-corrected chi connectivity index (χ2v) is 12.8. The number of aromatic amines is 1. The highest BCUT2D eigenvalue weighted by molar-refractivity contribution is 9.10. The van der Waals surface area contributed by atoms with Crippen LogP contribution in [0.25, 0.3) is 11.4 Å². The maximum Gasteiger partial charge on any atom is 0.417 e. The van der Waals surface area contributed by atoms with Gasteiger partial charge in [-0.25, -0.2) is 4.68 Å². The first-order valence-electron chi connectivity index (χ1n) is 15.1. The number of anilines is 2. The van der Waals surface area contributed by atoms with Crippen LogP contribution in [0.5, 0.6) is 0 Å². The number of piperidine rings is 1. The molecule has 0 bridgehead atoms. The summed E-state index contributed by atoms with van der Waals surface area (Å²) in [5, 5.41) is 13.0. The second kappa shape index (κ2) is 11.8. The molecule has 0 radical (unpaired) electrons. The van der Waals surface area contributed by atoms with Gasteiger partial charge in [0.25, 0.3) is 5.91 Å². The molecule has 1 saturated heterocycles. The number of fused-ring (bicyclic) bond motifs is 3. The van der Waals surface area contributed by atoms with Gasteiger partial charge >= 0.3 is 6.18 Å². The minimum absolute atomic E-state index is 0.0675. The Morgan fingerprint density at radius 3 is 2.47 bits per heavy atom. The number of rotatable bonds is 5. The number of carbonyl (C=O) groups excluding carboxylic acids is 2. The Hall–Kier alpha value is -4.78. The summed E-state index contributed by atoms with van der Waals surface area (Å²) in [4.78, 5) is 34.6. The van der Waals surface area contributed by atoms with Gasteiger partial charge in [-0.05, 0) is 68.3 Å². The third kappa shape index (κ3) is 5.62. The average Bonchev–Trinajstić information content (AvgIpc) is 3.67. The highest BCUT2D eigenvalue weighted by atomic mass is 79.9. The first-order valence-corrected chi connectivity index (χ1v) is 15.9. The fourth-order valence-corrected chi connectivity index (χ4v) is 7.05. The summed E-state index contributed by atoms with van der Waals surface area (Å²) >= 11 is 2.95. The third-order valence-electron chi connectivity index (χ3n) is 8.90. The number of likely N-dealkylation sites (tertiary alicyclic amines) is 1. The number of nitrogens with zero attached hydrogens (tertiary/aromatic N) is 6. The molecule has 1 fully saturated rings. The molecule has 47 heavy (non-hydrogen) atoms. The Bertz CT molecular complexity index is 1970. The fraction of sp³-hybridized carbons (Fsp3) is 0.265. The van der Waals surface area contributed by atoms with Gasteiger partial charge < -0.3 is 9.88 Å². The minimum Gasteiger partial charge on any atom is -0.334 e. The van der Waals surface area contributed by atoms with Gasteiger partial charge in [-0.2, -0.15) is 18.3 Å². The van der Waals surface area contributed by atoms with Crippen molar-refractivity contribution in [2.45, 2.75) is 44.9 Å². The van der Waals surface area contributed by atoms with Crippen LogP contribution in [-0.2, 0) is 17.4 Å². The number of nitrogens with one attached hydrogen (secondary N) is 1. The zero-order valence-electron chi connectivity index (χ0n) is 25.4. The van der Waals surface area contributed by atoms with Crippen molar-refractivity contribution < 1.29 is 22.8 Å². The summed E-state index contributed by atoms with van der Waals surface area (Å²) in [6.45, 7) is 3.76. The number of aromatic nitrogens is 5. The van der Waals surface area contributed by atoms with E-state index in [2.05, 4.69) is 31.1 Å². The lowest BCUT2D eigenvalue weighted by molar-refractivity contribution is -0.138. The molecule has 1 N–H and O–H groups in total. The number of hydrogen-bond donors (Lipinski definition) is 1. The van der Waals surface area contributed by atoms with Crippen molar-refractivity contribution in [1.82, 2.24) is 29.9 Å². The largest absolute Gasteiger partial charge is 0.417 e. The standard InChI is InChI=1S/C34H29BrF3N7O2/c1-19-14-26-29(18-43(19)32(46)23-10-13-28(35)27(16-23)34(36,37)38)45-31(24(17-39-45)15-21-6-4-3-5-7-21)44(33(26)47)25-11-8-22(9-12-25)30-40-20(2)41-42-30/h3-13,16-17,19,26,29H,14-15,18H2,1-2H3,(H,40,41,42)/t19-,26?,29?/m1/s1. The maximum absolute atomic E-state index is 14.5. The summed E-state index contributed by atoms with van der Waals surface area (Å²) < 4.78 is 42.7. The zero-order chi connectivity index (χ0) is 33.0. The molecular formula is C34H29BrF3N7O2. The van der Waals surface area contributed by atoms with Crippen molar-refractivity contribution in [1.29, 1.82) is 0 Å². The minimum atomic E-state index is -4.63. The van der Waals surface area contributed by atoms with Gasteiger partial charge in [-0.3, -0.25) is 14.5 Å². The number of amides is 2. The predicted octanol–water partition coefficient (Wildman–Crippen LogP) is 7.12. The molecule has 0 spiro atoms. The van der Waals surface area contributed by atoms with Crippen molar-refractivity contribution in [3.05, 3.63) is 112 Å². The molecule has 2 aliphatic rings. The van der Waals surface area contributed by atoms with Crippen molar-refractivity contribution in [3.63, 3.8) is 0 Å². The monoisotopic (exact) mass is 703 g/mol. The lowest BCUT2D eigenvalue weighted by Crippen LogP contribution is -2.56. The van der Waals surface area contributed by atoms with E-state index in [0.717, 1.165) is 22.8 Å². The molecule has 2 aromatic heterocycles. The van der Waals surface area contributed by atoms with Gasteiger partial charge in [0.1, 0.15) is 11.6 Å². The van der Waals surface area contributed by atoms with E-state index in [4.69, 9.17) is 5.10 Å². The van der Waals surface area contributed by atoms with Gasteiger partial charge in [0.05, 0.1) is 29.4 Å². The molecule has 7 rings (SSSR count). The summed E-state index contributed by atoms with van der Waals surface area (Å²) in [5.41, 5.74) is 2.36. The van der Waals surface area contributed by atoms with Crippen LogP contribution >= 0.6 is 15.9 Å². The van der Waals surface area contributed by atoms with Crippen LogP contribution in [0.15, 0.2) is 83.5 Å². The van der Waals surface area contributed by atoms with E-state index in [-0.39, 0.29) is 22.5 Å². The van der Waals surface area contributed by atoms with Crippen molar-refractivity contribution in [2.75, 3.05) is 11.4 Å². The molecule has 9 nitrogen and oxygen atoms in total. The van der Waals surface area contributed by atoms with E-state index in [9.17, 15) is 22.8 Å². The molecule has 0 aliphatic carbocycles. The van der Waals surface area contributed by atoms with Crippen molar-refractivity contribution in [2.24, 2.45) is 5.92 Å². The van der Waals surface area contributed by atoms with Gasteiger partial charge in [0.15, 0.2) is 5.82 Å². The summed E-state index contributed by atoms with van der Waals surface area (Å²) in [6, 6.07) is 19.9. The Morgan fingerprint density at radius 2 is 1.79 bits per heavy atom. The Morgan fingerprint density at radius 1 is 1.04 bits per heavy atom. The third-order valence-corrected chi connectivity index (χ3v) is 9.59. The van der Waals surface area contributed by atoms with Crippen molar-refractivity contribution in [3.8, 4) is 11.4 Å². The normalized spacial score (nSPS) is 19.4. The quantitative estimate of drug-likeness (QED) is 0.210. The molecule has 2 unspecified atom stereocenters. The smallest absolute Gasteiger partial charge is 0.334 e. The summed E-state index contributed by atoms with van der Waals surface area (Å²) in [6.07, 6.45) is -2.04. The molecule has 240 valence electrons. The fourth-order valence-electron chi connectivity index (χ4n) is 6.58. The Labute approximate surface area is 276 Å². The van der Waals surface area contributed by atoms with Crippen LogP contribution in [0.4, 0.5) is 24.7 Å². The van der Waals surface area contributed by atoms with Crippen molar-refractivity contribution >= 4 is 39.2 Å². The highest BCUT2D eigenvalue weighted by Gasteiger charge is 2.48. The summed E-state index contributed by atoms with van der Waals surface area (Å²) in [7, 11) is 0. The first kappa shape index (κ1) is 30.9. The van der Waals surface area contributed by atoms with E-state index in [0.29, 0.717) is 36.0 Å². The van der Waals surface area contributed by atoms with E-state index < -0.39 is 35.6 Å². The second-order valence-electron chi connectivity index (χ2n) is 12.0. The van der Waals surface area contributed by atoms with E-state index in [1.54, 1.807) is 16.0 Å². The lowest BCUT2D eigenvalue weighted by atomic mass is 9.84. The Kier molecular flexibility index (Phi) is 7.74. The molecule has 4 heterocycles. The van der Waals surface area contributed by atoms with E-state index in [1.807, 2.05) is 73.1 Å². The van der Waals surface area contributed by atoms with Crippen LogP contribution in [0.1, 0.15) is 52.3 Å².